The molecule has 0 aliphatic heterocycles. The van der Waals surface area contributed by atoms with E-state index in [4.69, 9.17) is 9.47 Å². The molecule has 0 saturated carbocycles. The van der Waals surface area contributed by atoms with Crippen LogP contribution in [0, 0.1) is 0 Å². The third-order valence-corrected chi connectivity index (χ3v) is 3.91. The van der Waals surface area contributed by atoms with Gasteiger partial charge in [0.2, 0.25) is 0 Å². The molecule has 0 fully saturated rings. The van der Waals surface area contributed by atoms with Crippen molar-refractivity contribution in [3.05, 3.63) is 18.2 Å². The van der Waals surface area contributed by atoms with E-state index in [0.717, 1.165) is 4.90 Å². The molecule has 0 aliphatic carbocycles. The molecular formula is C19H32N3O4+. The number of anilines is 1. The van der Waals surface area contributed by atoms with E-state index in [2.05, 4.69) is 5.32 Å². The Bertz CT molecular complexity index is 604. The summed E-state index contributed by atoms with van der Waals surface area (Å²) in [7, 11) is 3.60. The van der Waals surface area contributed by atoms with Gasteiger partial charge in [-0.05, 0) is 39.8 Å². The van der Waals surface area contributed by atoms with Gasteiger partial charge in [-0.3, -0.25) is 9.59 Å². The summed E-state index contributed by atoms with van der Waals surface area (Å²) in [6, 6.07) is 5.45. The number of carbonyl (C=O) groups excluding carboxylic acids is 2. The number of hydrogen-bond acceptors (Lipinski definition) is 4. The zero-order chi connectivity index (χ0) is 19.7. The van der Waals surface area contributed by atoms with E-state index >= 15 is 0 Å². The summed E-state index contributed by atoms with van der Waals surface area (Å²) in [5.74, 6) is 1.11. The molecule has 1 atom stereocenters. The van der Waals surface area contributed by atoms with Crippen LogP contribution in [0.5, 0.6) is 11.5 Å². The number of hydrogen-bond donors (Lipinski definition) is 2. The second-order valence-electron chi connectivity index (χ2n) is 6.48. The van der Waals surface area contributed by atoms with Gasteiger partial charge in [-0.25, -0.2) is 0 Å². The van der Waals surface area contributed by atoms with Crippen LogP contribution in [-0.2, 0) is 9.59 Å². The summed E-state index contributed by atoms with van der Waals surface area (Å²) in [5.41, 5.74) is 0.639. The molecule has 0 heterocycles. The van der Waals surface area contributed by atoms with Crippen molar-refractivity contribution in [2.45, 2.75) is 33.7 Å². The number of amides is 2. The zero-order valence-corrected chi connectivity index (χ0v) is 16.7. The van der Waals surface area contributed by atoms with E-state index in [9.17, 15) is 9.59 Å². The molecule has 146 valence electrons. The Labute approximate surface area is 156 Å². The number of rotatable bonds is 10. The van der Waals surface area contributed by atoms with Crippen LogP contribution < -0.4 is 19.7 Å². The number of benzene rings is 1. The van der Waals surface area contributed by atoms with E-state index in [0.29, 0.717) is 30.4 Å². The fraction of sp³-hybridized carbons (Fsp3) is 0.579. The normalized spacial score (nSPS) is 11.8. The van der Waals surface area contributed by atoms with Crippen LogP contribution in [0.2, 0.25) is 0 Å². The third kappa shape index (κ3) is 6.92. The van der Waals surface area contributed by atoms with Crippen molar-refractivity contribution in [3.8, 4) is 11.5 Å². The molecule has 0 aromatic heterocycles. The van der Waals surface area contributed by atoms with Crippen molar-refractivity contribution >= 4 is 17.5 Å². The minimum atomic E-state index is -0.158. The number of nitrogens with one attached hydrogen (secondary N) is 2. The van der Waals surface area contributed by atoms with E-state index in [1.807, 2.05) is 34.7 Å². The molecule has 26 heavy (non-hydrogen) atoms. The molecule has 2 N–H and O–H groups in total. The lowest BCUT2D eigenvalue weighted by atomic mass is 10.2. The molecule has 1 aromatic carbocycles. The third-order valence-electron chi connectivity index (χ3n) is 3.91. The molecule has 7 heteroatoms. The smallest absolute Gasteiger partial charge is 0.279 e. The molecule has 0 spiro atoms. The van der Waals surface area contributed by atoms with Crippen molar-refractivity contribution in [1.82, 2.24) is 4.90 Å². The van der Waals surface area contributed by atoms with Crippen LogP contribution >= 0.6 is 0 Å². The fourth-order valence-corrected chi connectivity index (χ4v) is 2.34. The summed E-state index contributed by atoms with van der Waals surface area (Å²) in [6.07, 6.45) is 0. The van der Waals surface area contributed by atoms with E-state index < -0.39 is 0 Å². The monoisotopic (exact) mass is 366 g/mol. The van der Waals surface area contributed by atoms with Gasteiger partial charge in [0.1, 0.15) is 0 Å². The maximum atomic E-state index is 12.3. The lowest BCUT2D eigenvalue weighted by Gasteiger charge is -2.23. The van der Waals surface area contributed by atoms with Crippen molar-refractivity contribution in [1.29, 1.82) is 0 Å². The highest BCUT2D eigenvalue weighted by atomic mass is 16.5. The number of ether oxygens (including phenoxy) is 2. The summed E-state index contributed by atoms with van der Waals surface area (Å²) >= 11 is 0. The molecule has 1 rings (SSSR count). The zero-order valence-electron chi connectivity index (χ0n) is 16.7. The summed E-state index contributed by atoms with van der Waals surface area (Å²) in [4.78, 5) is 26.9. The average molecular weight is 366 g/mol. The standard InChI is InChI=1S/C19H31N3O4/c1-7-25-16-10-9-15(11-17(16)26-8-2)20-18(23)12-21(5)13-19(24)22(6)14(3)4/h9-11,14H,7-8,12-13H2,1-6H3,(H,20,23)/p+1. The highest BCUT2D eigenvalue weighted by molar-refractivity contribution is 5.92. The van der Waals surface area contributed by atoms with Crippen LogP contribution in [-0.4, -0.2) is 63.2 Å². The quantitative estimate of drug-likeness (QED) is 0.643. The summed E-state index contributed by atoms with van der Waals surface area (Å²) in [5, 5.41) is 2.85. The predicted molar refractivity (Wildman–Crippen MR) is 102 cm³/mol. The number of quaternary nitrogens is 1. The molecular weight excluding hydrogens is 334 g/mol. The maximum Gasteiger partial charge on any atom is 0.279 e. The number of nitrogens with zero attached hydrogens (tertiary/aromatic N) is 1. The highest BCUT2D eigenvalue weighted by Crippen LogP contribution is 2.30. The van der Waals surface area contributed by atoms with Crippen LogP contribution in [0.4, 0.5) is 5.69 Å². The van der Waals surface area contributed by atoms with Crippen LogP contribution in [0.25, 0.3) is 0 Å². The average Bonchev–Trinajstić information content (AvgIpc) is 2.56. The second kappa shape index (κ2) is 10.7. The van der Waals surface area contributed by atoms with E-state index in [1.165, 1.54) is 0 Å². The largest absolute Gasteiger partial charge is 0.490 e. The minimum absolute atomic E-state index is 0.0185. The van der Waals surface area contributed by atoms with E-state index in [-0.39, 0.29) is 30.9 Å². The molecule has 2 amide bonds. The molecule has 0 bridgehead atoms. The van der Waals surface area contributed by atoms with Gasteiger partial charge in [0.05, 0.1) is 20.3 Å². The SMILES string of the molecule is CCOc1ccc(NC(=O)C[NH+](C)CC(=O)N(C)C(C)C)cc1OCC. The molecule has 0 aliphatic rings. The molecule has 1 unspecified atom stereocenters. The van der Waals surface area contributed by atoms with Gasteiger partial charge in [-0.1, -0.05) is 0 Å². The Morgan fingerprint density at radius 3 is 2.31 bits per heavy atom. The first-order valence-electron chi connectivity index (χ1n) is 9.04. The van der Waals surface area contributed by atoms with Crippen molar-refractivity contribution < 1.29 is 24.0 Å². The maximum absolute atomic E-state index is 12.3. The van der Waals surface area contributed by atoms with Gasteiger partial charge in [-0.2, -0.15) is 0 Å². The van der Waals surface area contributed by atoms with Gasteiger partial charge in [0.25, 0.3) is 11.8 Å². The first kappa shape index (κ1) is 21.8. The minimum Gasteiger partial charge on any atom is -0.490 e. The van der Waals surface area contributed by atoms with Gasteiger partial charge in [-0.15, -0.1) is 0 Å². The summed E-state index contributed by atoms with van der Waals surface area (Å²) in [6.45, 7) is 9.25. The van der Waals surface area contributed by atoms with Crippen LogP contribution in [0.15, 0.2) is 18.2 Å². The number of carbonyl (C=O) groups is 2. The van der Waals surface area contributed by atoms with Crippen molar-refractivity contribution in [2.75, 3.05) is 45.7 Å². The van der Waals surface area contributed by atoms with Crippen molar-refractivity contribution in [3.63, 3.8) is 0 Å². The molecule has 1 aromatic rings. The Morgan fingerprint density at radius 2 is 1.73 bits per heavy atom. The molecule has 0 saturated heterocycles. The Balaban J connectivity index is 2.64. The van der Waals surface area contributed by atoms with Gasteiger partial charge in [0, 0.05) is 24.8 Å². The van der Waals surface area contributed by atoms with Crippen LogP contribution in [0.1, 0.15) is 27.7 Å². The fourth-order valence-electron chi connectivity index (χ4n) is 2.34. The molecule has 0 radical (unpaired) electrons. The highest BCUT2D eigenvalue weighted by Gasteiger charge is 2.19. The van der Waals surface area contributed by atoms with Gasteiger partial charge in [0.15, 0.2) is 24.6 Å². The Morgan fingerprint density at radius 1 is 1.12 bits per heavy atom. The number of likely N-dealkylation sites (N-methyl/N-ethyl adjacent to an activating group) is 2. The first-order chi connectivity index (χ1) is 12.3. The molecule has 7 nitrogen and oxygen atoms in total. The lowest BCUT2D eigenvalue weighted by molar-refractivity contribution is -0.862. The Hall–Kier alpha value is -2.28. The summed E-state index contributed by atoms with van der Waals surface area (Å²) < 4.78 is 11.1. The predicted octanol–water partition coefficient (Wildman–Crippen LogP) is 0.804. The van der Waals surface area contributed by atoms with Gasteiger partial charge < -0.3 is 24.6 Å². The topological polar surface area (TPSA) is 72.3 Å². The second-order valence-corrected chi connectivity index (χ2v) is 6.48. The van der Waals surface area contributed by atoms with E-state index in [1.54, 1.807) is 30.1 Å². The Kier molecular flexibility index (Phi) is 8.92. The van der Waals surface area contributed by atoms with Crippen LogP contribution in [0.3, 0.4) is 0 Å². The van der Waals surface area contributed by atoms with Gasteiger partial charge >= 0.3 is 0 Å². The first-order valence-corrected chi connectivity index (χ1v) is 9.04. The lowest BCUT2D eigenvalue weighted by Crippen LogP contribution is -3.11. The van der Waals surface area contributed by atoms with Crippen molar-refractivity contribution in [2.24, 2.45) is 0 Å².